The summed E-state index contributed by atoms with van der Waals surface area (Å²) < 4.78 is 1.87. The van der Waals surface area contributed by atoms with Gasteiger partial charge < -0.3 is 9.80 Å². The topological polar surface area (TPSA) is 79.5 Å². The second-order valence-electron chi connectivity index (χ2n) is 7.02. The van der Waals surface area contributed by atoms with Crippen LogP contribution in [0.4, 0.5) is 5.82 Å². The molecule has 26 heavy (non-hydrogen) atoms. The lowest BCUT2D eigenvalue weighted by molar-refractivity contribution is 0.0699. The first kappa shape index (κ1) is 15.7. The summed E-state index contributed by atoms with van der Waals surface area (Å²) in [5, 5.41) is 15.9. The maximum Gasteiger partial charge on any atom is 0.273 e. The maximum absolute atomic E-state index is 12.5. The summed E-state index contributed by atoms with van der Waals surface area (Å²) in [4.78, 5) is 20.8. The molecule has 1 aliphatic heterocycles. The Kier molecular flexibility index (Phi) is 3.46. The molecule has 4 heterocycles. The van der Waals surface area contributed by atoms with E-state index in [1.807, 2.05) is 36.0 Å². The summed E-state index contributed by atoms with van der Waals surface area (Å²) in [7, 11) is 1.85. The van der Waals surface area contributed by atoms with Crippen LogP contribution < -0.4 is 4.90 Å². The number of amides is 1. The highest BCUT2D eigenvalue weighted by molar-refractivity contribution is 7.09. The van der Waals surface area contributed by atoms with Crippen molar-refractivity contribution in [2.45, 2.75) is 31.7 Å². The highest BCUT2D eigenvalue weighted by Crippen LogP contribution is 2.38. The Morgan fingerprint density at radius 3 is 2.77 bits per heavy atom. The molecule has 9 heteroatoms. The van der Waals surface area contributed by atoms with Gasteiger partial charge in [0.05, 0.1) is 11.0 Å². The number of carbonyl (C=O) groups is 1. The molecule has 0 aromatic carbocycles. The number of aromatic nitrogens is 5. The number of carbonyl (C=O) groups excluding carboxylic acids is 1. The highest BCUT2D eigenvalue weighted by atomic mass is 32.1. The molecule has 2 aliphatic rings. The molecule has 134 valence electrons. The smallest absolute Gasteiger partial charge is 0.273 e. The van der Waals surface area contributed by atoms with E-state index in [2.05, 4.69) is 20.1 Å². The fourth-order valence-corrected chi connectivity index (χ4v) is 3.84. The second kappa shape index (κ2) is 5.73. The van der Waals surface area contributed by atoms with Gasteiger partial charge in [0, 0.05) is 31.4 Å². The van der Waals surface area contributed by atoms with Crippen LogP contribution in [0.1, 0.15) is 40.1 Å². The van der Waals surface area contributed by atoms with Gasteiger partial charge in [0.15, 0.2) is 11.5 Å². The van der Waals surface area contributed by atoms with E-state index in [1.165, 1.54) is 24.2 Å². The van der Waals surface area contributed by atoms with Gasteiger partial charge in [0.1, 0.15) is 11.5 Å². The average Bonchev–Trinajstić information content (AvgIpc) is 3.21. The Balaban J connectivity index is 1.29. The van der Waals surface area contributed by atoms with Gasteiger partial charge in [-0.25, -0.2) is 4.98 Å². The van der Waals surface area contributed by atoms with Crippen molar-refractivity contribution in [2.24, 2.45) is 0 Å². The molecule has 1 saturated carbocycles. The van der Waals surface area contributed by atoms with Crippen molar-refractivity contribution < 1.29 is 4.79 Å². The molecule has 8 nitrogen and oxygen atoms in total. The van der Waals surface area contributed by atoms with Crippen molar-refractivity contribution in [3.8, 4) is 0 Å². The molecule has 5 rings (SSSR count). The Bertz CT molecular complexity index is 986. The zero-order valence-corrected chi connectivity index (χ0v) is 15.5. The third-order valence-electron chi connectivity index (χ3n) is 5.11. The van der Waals surface area contributed by atoms with Crippen LogP contribution in [0.2, 0.25) is 0 Å². The summed E-state index contributed by atoms with van der Waals surface area (Å²) >= 11 is 1.50. The molecular weight excluding hydrogens is 350 g/mol. The first-order valence-electron chi connectivity index (χ1n) is 8.77. The van der Waals surface area contributed by atoms with E-state index in [0.717, 1.165) is 35.4 Å². The molecule has 1 aliphatic carbocycles. The van der Waals surface area contributed by atoms with Gasteiger partial charge in [0.2, 0.25) is 0 Å². The van der Waals surface area contributed by atoms with E-state index in [0.29, 0.717) is 11.6 Å². The molecule has 0 spiro atoms. The van der Waals surface area contributed by atoms with Crippen molar-refractivity contribution >= 4 is 28.7 Å². The fourth-order valence-electron chi connectivity index (χ4n) is 3.26. The van der Waals surface area contributed by atoms with Crippen LogP contribution in [0.15, 0.2) is 17.5 Å². The van der Waals surface area contributed by atoms with Gasteiger partial charge in [-0.2, -0.15) is 4.52 Å². The number of rotatable bonds is 4. The first-order valence-corrected chi connectivity index (χ1v) is 9.64. The summed E-state index contributed by atoms with van der Waals surface area (Å²) in [6.07, 6.45) is 2.34. The van der Waals surface area contributed by atoms with Crippen LogP contribution >= 0.6 is 11.3 Å². The van der Waals surface area contributed by atoms with E-state index in [9.17, 15) is 4.79 Å². The summed E-state index contributed by atoms with van der Waals surface area (Å²) in [6, 6.07) is 4.11. The monoisotopic (exact) mass is 369 g/mol. The van der Waals surface area contributed by atoms with Crippen LogP contribution in [0.25, 0.3) is 5.65 Å². The molecule has 0 bridgehead atoms. The molecule has 3 aromatic rings. The Morgan fingerprint density at radius 1 is 1.27 bits per heavy atom. The minimum Gasteiger partial charge on any atom is -0.351 e. The van der Waals surface area contributed by atoms with E-state index >= 15 is 0 Å². The van der Waals surface area contributed by atoms with E-state index in [4.69, 9.17) is 5.10 Å². The quantitative estimate of drug-likeness (QED) is 0.697. The SMILES string of the molecule is Cc1nc(C(=O)N(C)C2CN(c3ccc4nnc(C5CC5)n4n3)C2)cs1. The normalized spacial score (nSPS) is 17.5. The summed E-state index contributed by atoms with van der Waals surface area (Å²) in [5.41, 5.74) is 1.32. The lowest BCUT2D eigenvalue weighted by atomic mass is 10.1. The van der Waals surface area contributed by atoms with E-state index < -0.39 is 0 Å². The van der Waals surface area contributed by atoms with Gasteiger partial charge in [-0.05, 0) is 31.9 Å². The molecular formula is C17H19N7OS. The van der Waals surface area contributed by atoms with Crippen molar-refractivity contribution in [3.05, 3.63) is 34.0 Å². The minimum absolute atomic E-state index is 0.0164. The van der Waals surface area contributed by atoms with E-state index in [1.54, 1.807) is 4.90 Å². The van der Waals surface area contributed by atoms with E-state index in [-0.39, 0.29) is 11.9 Å². The third kappa shape index (κ3) is 2.54. The van der Waals surface area contributed by atoms with Gasteiger partial charge >= 0.3 is 0 Å². The van der Waals surface area contributed by atoms with Crippen molar-refractivity contribution in [1.82, 2.24) is 29.7 Å². The van der Waals surface area contributed by atoms with Crippen LogP contribution in [-0.2, 0) is 0 Å². The second-order valence-corrected chi connectivity index (χ2v) is 8.08. The average molecular weight is 369 g/mol. The molecule has 2 fully saturated rings. The molecule has 1 saturated heterocycles. The van der Waals surface area contributed by atoms with Gasteiger partial charge in [0.25, 0.3) is 5.91 Å². The third-order valence-corrected chi connectivity index (χ3v) is 5.88. The molecule has 0 radical (unpaired) electrons. The zero-order valence-electron chi connectivity index (χ0n) is 14.7. The predicted molar refractivity (Wildman–Crippen MR) is 97.7 cm³/mol. The van der Waals surface area contributed by atoms with Crippen molar-refractivity contribution in [3.63, 3.8) is 0 Å². The molecule has 0 unspecified atom stereocenters. The molecule has 3 aromatic heterocycles. The first-order chi connectivity index (χ1) is 12.6. The number of hydrogen-bond donors (Lipinski definition) is 0. The summed E-state index contributed by atoms with van der Waals surface area (Å²) in [6.45, 7) is 3.45. The van der Waals surface area contributed by atoms with Crippen molar-refractivity contribution in [1.29, 1.82) is 0 Å². The van der Waals surface area contributed by atoms with Crippen LogP contribution in [0, 0.1) is 6.92 Å². The summed E-state index contributed by atoms with van der Waals surface area (Å²) in [5.74, 6) is 2.35. The Labute approximate surface area is 154 Å². The highest BCUT2D eigenvalue weighted by Gasteiger charge is 2.35. The number of hydrogen-bond acceptors (Lipinski definition) is 7. The van der Waals surface area contributed by atoms with Crippen molar-refractivity contribution in [2.75, 3.05) is 25.0 Å². The molecule has 0 atom stereocenters. The Morgan fingerprint density at radius 2 is 2.08 bits per heavy atom. The number of aryl methyl sites for hydroxylation is 1. The maximum atomic E-state index is 12.5. The Hall–Kier alpha value is -2.55. The number of likely N-dealkylation sites (N-methyl/N-ethyl adjacent to an activating group) is 1. The predicted octanol–water partition coefficient (Wildman–Crippen LogP) is 1.73. The van der Waals surface area contributed by atoms with Gasteiger partial charge in [-0.15, -0.1) is 26.6 Å². The van der Waals surface area contributed by atoms with Crippen LogP contribution in [0.3, 0.4) is 0 Å². The lowest BCUT2D eigenvalue weighted by Gasteiger charge is -2.44. The van der Waals surface area contributed by atoms with Crippen LogP contribution in [-0.4, -0.2) is 61.8 Å². The minimum atomic E-state index is -0.0164. The van der Waals surface area contributed by atoms with Crippen LogP contribution in [0.5, 0.6) is 0 Å². The lowest BCUT2D eigenvalue weighted by Crippen LogP contribution is -2.60. The largest absolute Gasteiger partial charge is 0.351 e. The number of anilines is 1. The molecule has 1 amide bonds. The standard InChI is InChI=1S/C17H19N7OS/c1-10-18-13(9-26-10)17(25)22(2)12-7-23(8-12)15-6-5-14-19-20-16(11-3-4-11)24(14)21-15/h5-6,9,11-12H,3-4,7-8H2,1-2H3. The van der Waals surface area contributed by atoms with Gasteiger partial charge in [-0.1, -0.05) is 0 Å². The number of thiazole rings is 1. The van der Waals surface area contributed by atoms with Gasteiger partial charge in [-0.3, -0.25) is 4.79 Å². The molecule has 0 N–H and O–H groups in total. The zero-order chi connectivity index (χ0) is 17.8. The fraction of sp³-hybridized carbons (Fsp3) is 0.471. The number of nitrogens with zero attached hydrogens (tertiary/aromatic N) is 7. The number of fused-ring (bicyclic) bond motifs is 1.